The van der Waals surface area contributed by atoms with Gasteiger partial charge in [-0.1, -0.05) is 58.5 Å². The Bertz CT molecular complexity index is 576. The van der Waals surface area contributed by atoms with Crippen molar-refractivity contribution in [1.29, 1.82) is 0 Å². The highest BCUT2D eigenvalue weighted by Crippen LogP contribution is 2.38. The largest absolute Gasteiger partial charge is 0.0841 e. The van der Waals surface area contributed by atoms with E-state index in [9.17, 15) is 0 Å². The molecule has 0 amide bonds. The van der Waals surface area contributed by atoms with Crippen LogP contribution in [0.2, 0.25) is 20.1 Å². The summed E-state index contributed by atoms with van der Waals surface area (Å²) < 4.78 is 0. The van der Waals surface area contributed by atoms with E-state index in [4.69, 9.17) is 46.4 Å². The van der Waals surface area contributed by atoms with Gasteiger partial charge in [0.1, 0.15) is 0 Å². The molecule has 4 heteroatoms. The third kappa shape index (κ3) is 2.56. The van der Waals surface area contributed by atoms with Crippen LogP contribution in [-0.4, -0.2) is 0 Å². The van der Waals surface area contributed by atoms with Gasteiger partial charge in [-0.05, 0) is 36.2 Å². The molecule has 0 spiro atoms. The minimum Gasteiger partial charge on any atom is -0.0841 e. The van der Waals surface area contributed by atoms with Crippen molar-refractivity contribution < 1.29 is 0 Å². The third-order valence-electron chi connectivity index (χ3n) is 2.50. The van der Waals surface area contributed by atoms with E-state index in [-0.39, 0.29) is 0 Å². The first-order valence-corrected chi connectivity index (χ1v) is 6.42. The van der Waals surface area contributed by atoms with Crippen molar-refractivity contribution in [1.82, 2.24) is 0 Å². The average Bonchev–Trinajstić information content (AvgIpc) is 2.30. The lowest BCUT2D eigenvalue weighted by Crippen LogP contribution is -1.84. The molecule has 0 nitrogen and oxygen atoms in total. The van der Waals surface area contributed by atoms with Gasteiger partial charge in [0, 0.05) is 10.6 Å². The van der Waals surface area contributed by atoms with Crippen LogP contribution >= 0.6 is 46.4 Å². The summed E-state index contributed by atoms with van der Waals surface area (Å²) in [6.45, 7) is 1.94. The highest BCUT2D eigenvalue weighted by molar-refractivity contribution is 6.49. The van der Waals surface area contributed by atoms with Crippen molar-refractivity contribution in [2.75, 3.05) is 0 Å². The summed E-state index contributed by atoms with van der Waals surface area (Å²) in [7, 11) is 0. The number of hydrogen-bond donors (Lipinski definition) is 0. The Hall–Kier alpha value is -0.400. The highest BCUT2D eigenvalue weighted by Gasteiger charge is 2.10. The summed E-state index contributed by atoms with van der Waals surface area (Å²) in [5, 5.41) is 2.01. The topological polar surface area (TPSA) is 0 Å². The molecular weight excluding hydrogens is 298 g/mol. The van der Waals surface area contributed by atoms with E-state index in [2.05, 4.69) is 0 Å². The molecule has 0 heterocycles. The average molecular weight is 306 g/mol. The Morgan fingerprint density at radius 1 is 0.765 bits per heavy atom. The number of aryl methyl sites for hydroxylation is 1. The van der Waals surface area contributed by atoms with Crippen LogP contribution in [0.4, 0.5) is 0 Å². The van der Waals surface area contributed by atoms with Crippen molar-refractivity contribution in [3.63, 3.8) is 0 Å². The summed E-state index contributed by atoms with van der Waals surface area (Å²) in [6, 6.07) is 9.29. The number of benzene rings is 2. The van der Waals surface area contributed by atoms with Gasteiger partial charge in [-0.15, -0.1) is 0 Å². The molecule has 17 heavy (non-hydrogen) atoms. The Balaban J connectivity index is 2.61. The molecular formula is C13H8Cl4. The summed E-state index contributed by atoms with van der Waals surface area (Å²) >= 11 is 24.1. The zero-order valence-electron chi connectivity index (χ0n) is 8.90. The SMILES string of the molecule is Cc1cc(-c2ccc(Cl)c(Cl)c2Cl)ccc1Cl. The molecule has 2 rings (SSSR count). The van der Waals surface area contributed by atoms with Gasteiger partial charge < -0.3 is 0 Å². The van der Waals surface area contributed by atoms with Crippen molar-refractivity contribution in [3.05, 3.63) is 56.0 Å². The van der Waals surface area contributed by atoms with E-state index in [1.807, 2.05) is 31.2 Å². The quantitative estimate of drug-likeness (QED) is 0.544. The molecule has 0 bridgehead atoms. The molecule has 0 saturated carbocycles. The van der Waals surface area contributed by atoms with E-state index in [0.717, 1.165) is 21.7 Å². The molecule has 0 N–H and O–H groups in total. The number of hydrogen-bond acceptors (Lipinski definition) is 0. The monoisotopic (exact) mass is 304 g/mol. The Morgan fingerprint density at radius 3 is 2.06 bits per heavy atom. The first-order valence-electron chi connectivity index (χ1n) is 4.90. The molecule has 0 saturated heterocycles. The number of rotatable bonds is 1. The van der Waals surface area contributed by atoms with Crippen LogP contribution in [0.5, 0.6) is 0 Å². The van der Waals surface area contributed by atoms with Gasteiger partial charge in [0.25, 0.3) is 0 Å². The minimum absolute atomic E-state index is 0.374. The molecule has 0 aliphatic heterocycles. The van der Waals surface area contributed by atoms with E-state index < -0.39 is 0 Å². The lowest BCUT2D eigenvalue weighted by molar-refractivity contribution is 1.46. The normalized spacial score (nSPS) is 10.6. The van der Waals surface area contributed by atoms with Gasteiger partial charge in [-0.3, -0.25) is 0 Å². The van der Waals surface area contributed by atoms with Crippen molar-refractivity contribution >= 4 is 46.4 Å². The Kier molecular flexibility index (Phi) is 3.89. The maximum absolute atomic E-state index is 6.18. The molecule has 0 aliphatic carbocycles. The molecule has 88 valence electrons. The van der Waals surface area contributed by atoms with Crippen LogP contribution in [0, 0.1) is 6.92 Å². The predicted octanol–water partition coefficient (Wildman–Crippen LogP) is 6.28. The van der Waals surface area contributed by atoms with Crippen LogP contribution in [0.25, 0.3) is 11.1 Å². The molecule has 2 aromatic carbocycles. The highest BCUT2D eigenvalue weighted by atomic mass is 35.5. The Morgan fingerprint density at radius 2 is 1.41 bits per heavy atom. The van der Waals surface area contributed by atoms with Crippen molar-refractivity contribution in [2.24, 2.45) is 0 Å². The second-order valence-corrected chi connectivity index (χ2v) is 5.26. The molecule has 0 radical (unpaired) electrons. The van der Waals surface area contributed by atoms with Crippen molar-refractivity contribution in [3.8, 4) is 11.1 Å². The van der Waals surface area contributed by atoms with E-state index >= 15 is 0 Å². The van der Waals surface area contributed by atoms with E-state index in [1.54, 1.807) is 6.07 Å². The summed E-state index contributed by atoms with van der Waals surface area (Å²) in [5.41, 5.74) is 2.81. The lowest BCUT2D eigenvalue weighted by Gasteiger charge is -2.09. The van der Waals surface area contributed by atoms with E-state index in [0.29, 0.717) is 15.1 Å². The van der Waals surface area contributed by atoms with Crippen LogP contribution in [0.15, 0.2) is 30.3 Å². The second-order valence-electron chi connectivity index (χ2n) is 3.69. The predicted molar refractivity (Wildman–Crippen MR) is 76.7 cm³/mol. The lowest BCUT2D eigenvalue weighted by atomic mass is 10.0. The molecule has 0 atom stereocenters. The fourth-order valence-corrected chi connectivity index (χ4v) is 2.32. The van der Waals surface area contributed by atoms with Crippen molar-refractivity contribution in [2.45, 2.75) is 6.92 Å². The van der Waals surface area contributed by atoms with Gasteiger partial charge in [-0.25, -0.2) is 0 Å². The van der Waals surface area contributed by atoms with Gasteiger partial charge in [0.2, 0.25) is 0 Å². The smallest absolute Gasteiger partial charge is 0.0784 e. The molecule has 0 fully saturated rings. The molecule has 0 aliphatic rings. The zero-order valence-corrected chi connectivity index (χ0v) is 11.9. The van der Waals surface area contributed by atoms with E-state index in [1.165, 1.54) is 0 Å². The second kappa shape index (κ2) is 5.07. The summed E-state index contributed by atoms with van der Waals surface area (Å²) in [6.07, 6.45) is 0. The molecule has 0 unspecified atom stereocenters. The van der Waals surface area contributed by atoms with Gasteiger partial charge in [-0.2, -0.15) is 0 Å². The maximum Gasteiger partial charge on any atom is 0.0784 e. The van der Waals surface area contributed by atoms with Crippen LogP contribution in [0.1, 0.15) is 5.56 Å². The van der Waals surface area contributed by atoms with Gasteiger partial charge in [0.15, 0.2) is 0 Å². The molecule has 0 aromatic heterocycles. The third-order valence-corrected chi connectivity index (χ3v) is 4.22. The van der Waals surface area contributed by atoms with Crippen LogP contribution in [-0.2, 0) is 0 Å². The number of halogens is 4. The first kappa shape index (κ1) is 13.0. The summed E-state index contributed by atoms with van der Waals surface area (Å²) in [5.74, 6) is 0. The fourth-order valence-electron chi connectivity index (χ4n) is 1.56. The van der Waals surface area contributed by atoms with Gasteiger partial charge >= 0.3 is 0 Å². The van der Waals surface area contributed by atoms with Gasteiger partial charge in [0.05, 0.1) is 15.1 Å². The standard InChI is InChI=1S/C13H8Cl4/c1-7-6-8(2-4-10(7)14)9-3-5-11(15)13(17)12(9)16/h2-6H,1H3. The first-order chi connectivity index (χ1) is 8.00. The minimum atomic E-state index is 0.374. The zero-order chi connectivity index (χ0) is 12.6. The van der Waals surface area contributed by atoms with Crippen LogP contribution in [0.3, 0.4) is 0 Å². The summed E-state index contributed by atoms with van der Waals surface area (Å²) in [4.78, 5) is 0. The maximum atomic E-state index is 6.18. The fraction of sp³-hybridized carbons (Fsp3) is 0.0769. The van der Waals surface area contributed by atoms with Crippen LogP contribution < -0.4 is 0 Å². The molecule has 2 aromatic rings. The Labute approximate surface area is 120 Å².